The third kappa shape index (κ3) is 3.18. The number of halogens is 4. The van der Waals surface area contributed by atoms with E-state index in [1.165, 1.54) is 0 Å². The third-order valence-corrected chi connectivity index (χ3v) is 8.16. The Balaban J connectivity index is 2.57. The Morgan fingerprint density at radius 1 is 0.958 bits per heavy atom. The van der Waals surface area contributed by atoms with Gasteiger partial charge in [0, 0.05) is 24.3 Å². The van der Waals surface area contributed by atoms with Crippen molar-refractivity contribution in [3.8, 4) is 0 Å². The van der Waals surface area contributed by atoms with Crippen molar-refractivity contribution < 1.29 is 24.3 Å². The fraction of sp³-hybridized carbons (Fsp3) is 0.231. The SMILES string of the molecule is NC(=O)CC[C@@H](C(=O)O)N1C(=O)c2c(Br)c(Br)c(Br)c(Br)c2C1=O. The van der Waals surface area contributed by atoms with Crippen LogP contribution in [-0.4, -0.2) is 39.7 Å². The number of primary amides is 1. The van der Waals surface area contributed by atoms with Gasteiger partial charge in [-0.15, -0.1) is 0 Å². The lowest BCUT2D eigenvalue weighted by Gasteiger charge is -2.22. The van der Waals surface area contributed by atoms with Gasteiger partial charge in [-0.05, 0) is 70.1 Å². The topological polar surface area (TPSA) is 118 Å². The van der Waals surface area contributed by atoms with Gasteiger partial charge in [-0.1, -0.05) is 0 Å². The number of hydrogen-bond acceptors (Lipinski definition) is 4. The number of hydrogen-bond donors (Lipinski definition) is 2. The van der Waals surface area contributed by atoms with Crippen LogP contribution in [0, 0.1) is 0 Å². The van der Waals surface area contributed by atoms with Crippen LogP contribution in [0.1, 0.15) is 33.6 Å². The van der Waals surface area contributed by atoms with Crippen molar-refractivity contribution in [2.24, 2.45) is 5.73 Å². The summed E-state index contributed by atoms with van der Waals surface area (Å²) >= 11 is 13.0. The van der Waals surface area contributed by atoms with Crippen molar-refractivity contribution in [3.05, 3.63) is 29.0 Å². The molecule has 1 atom stereocenters. The number of carboxylic acid groups (broad SMARTS) is 1. The molecule has 11 heteroatoms. The number of nitrogens with zero attached hydrogens (tertiary/aromatic N) is 1. The monoisotopic (exact) mass is 588 g/mol. The summed E-state index contributed by atoms with van der Waals surface area (Å²) in [4.78, 5) is 48.4. The van der Waals surface area contributed by atoms with Crippen LogP contribution in [0.25, 0.3) is 0 Å². The number of benzene rings is 1. The summed E-state index contributed by atoms with van der Waals surface area (Å²) in [6.07, 6.45) is -0.520. The van der Waals surface area contributed by atoms with E-state index in [1.54, 1.807) is 0 Å². The van der Waals surface area contributed by atoms with E-state index in [1.807, 2.05) is 0 Å². The Labute approximate surface area is 169 Å². The fourth-order valence-electron chi connectivity index (χ4n) is 2.29. The summed E-state index contributed by atoms with van der Waals surface area (Å²) in [5.41, 5.74) is 5.13. The molecule has 3 amide bonds. The lowest BCUT2D eigenvalue weighted by Crippen LogP contribution is -2.45. The van der Waals surface area contributed by atoms with Crippen molar-refractivity contribution in [2.75, 3.05) is 0 Å². The predicted octanol–water partition coefficient (Wildman–Crippen LogP) is 3.05. The average molecular weight is 592 g/mol. The van der Waals surface area contributed by atoms with Gasteiger partial charge in [-0.3, -0.25) is 19.3 Å². The highest BCUT2D eigenvalue weighted by Crippen LogP contribution is 2.45. The van der Waals surface area contributed by atoms with E-state index in [-0.39, 0.29) is 24.0 Å². The molecule has 7 nitrogen and oxygen atoms in total. The zero-order chi connectivity index (χ0) is 18.3. The standard InChI is InChI=1S/C13H8Br4N2O5/c14-7-5-6(8(15)10(17)9(7)16)12(22)19(11(5)21)3(13(23)24)1-2-4(18)20/h3H,1-2H2,(H2,18,20)(H,23,24)/t3-/m0/s1. The molecule has 1 aromatic rings. The number of carbonyl (C=O) groups is 4. The van der Waals surface area contributed by atoms with Gasteiger partial charge < -0.3 is 10.8 Å². The Morgan fingerprint density at radius 2 is 1.38 bits per heavy atom. The predicted molar refractivity (Wildman–Crippen MR) is 97.6 cm³/mol. The molecule has 0 aromatic heterocycles. The van der Waals surface area contributed by atoms with Crippen molar-refractivity contribution in [2.45, 2.75) is 18.9 Å². The van der Waals surface area contributed by atoms with E-state index in [4.69, 9.17) is 5.73 Å². The Morgan fingerprint density at radius 3 is 1.71 bits per heavy atom. The number of aliphatic carboxylic acids is 1. The molecule has 0 unspecified atom stereocenters. The highest BCUT2D eigenvalue weighted by Gasteiger charge is 2.46. The van der Waals surface area contributed by atoms with E-state index in [2.05, 4.69) is 63.7 Å². The minimum absolute atomic E-state index is 0.0484. The first-order valence-electron chi connectivity index (χ1n) is 6.34. The Kier molecular flexibility index (Phi) is 5.88. The van der Waals surface area contributed by atoms with Gasteiger partial charge in [-0.25, -0.2) is 4.79 Å². The number of rotatable bonds is 5. The Hall–Kier alpha value is -0.780. The number of fused-ring (bicyclic) bond motifs is 1. The lowest BCUT2D eigenvalue weighted by atomic mass is 10.1. The molecule has 0 aliphatic carbocycles. The van der Waals surface area contributed by atoms with E-state index >= 15 is 0 Å². The first kappa shape index (κ1) is 19.5. The maximum Gasteiger partial charge on any atom is 0.326 e. The van der Waals surface area contributed by atoms with Crippen LogP contribution in [0.2, 0.25) is 0 Å². The molecular weight excluding hydrogens is 584 g/mol. The quantitative estimate of drug-likeness (QED) is 0.310. The van der Waals surface area contributed by atoms with Crippen LogP contribution >= 0.6 is 63.7 Å². The highest BCUT2D eigenvalue weighted by molar-refractivity contribution is 9.15. The molecule has 0 saturated heterocycles. The second-order valence-corrected chi connectivity index (χ2v) is 8.02. The normalized spacial score (nSPS) is 14.8. The molecule has 1 aliphatic rings. The number of nitrogens with two attached hydrogens (primary N) is 1. The minimum Gasteiger partial charge on any atom is -0.480 e. The maximum absolute atomic E-state index is 12.7. The van der Waals surface area contributed by atoms with Crippen molar-refractivity contribution in [1.82, 2.24) is 4.90 Å². The molecule has 1 heterocycles. The molecule has 2 rings (SSSR count). The summed E-state index contributed by atoms with van der Waals surface area (Å²) in [5, 5.41) is 9.37. The van der Waals surface area contributed by atoms with Gasteiger partial charge in [0.05, 0.1) is 11.1 Å². The van der Waals surface area contributed by atoms with Crippen molar-refractivity contribution in [1.29, 1.82) is 0 Å². The molecule has 0 fully saturated rings. The van der Waals surface area contributed by atoms with Gasteiger partial charge in [0.1, 0.15) is 6.04 Å². The summed E-state index contributed by atoms with van der Waals surface area (Å²) in [7, 11) is 0. The number of carbonyl (C=O) groups excluding carboxylic acids is 3. The van der Waals surface area contributed by atoms with E-state index in [9.17, 15) is 24.3 Å². The molecular formula is C13H8Br4N2O5. The highest BCUT2D eigenvalue weighted by atomic mass is 79.9. The fourth-order valence-corrected chi connectivity index (χ4v) is 4.75. The smallest absolute Gasteiger partial charge is 0.326 e. The second kappa shape index (κ2) is 7.22. The van der Waals surface area contributed by atoms with Gasteiger partial charge >= 0.3 is 5.97 Å². The van der Waals surface area contributed by atoms with Crippen LogP contribution in [0.5, 0.6) is 0 Å². The summed E-state index contributed by atoms with van der Waals surface area (Å²) in [6, 6.07) is -1.48. The second-order valence-electron chi connectivity index (χ2n) is 4.85. The van der Waals surface area contributed by atoms with Crippen LogP contribution in [0.15, 0.2) is 17.9 Å². The van der Waals surface area contributed by atoms with E-state index in [0.717, 1.165) is 0 Å². The summed E-state index contributed by atoms with van der Waals surface area (Å²) in [5.74, 6) is -3.62. The maximum atomic E-state index is 12.7. The molecule has 1 aromatic carbocycles. The molecule has 0 bridgehead atoms. The average Bonchev–Trinajstić information content (AvgIpc) is 2.75. The molecule has 0 saturated carbocycles. The Bertz CT molecular complexity index is 748. The third-order valence-electron chi connectivity index (χ3n) is 3.39. The van der Waals surface area contributed by atoms with E-state index < -0.39 is 29.7 Å². The van der Waals surface area contributed by atoms with Crippen LogP contribution in [0.3, 0.4) is 0 Å². The van der Waals surface area contributed by atoms with Crippen molar-refractivity contribution >= 4 is 87.4 Å². The molecule has 0 radical (unpaired) electrons. The van der Waals surface area contributed by atoms with E-state index in [0.29, 0.717) is 22.8 Å². The zero-order valence-corrected chi connectivity index (χ0v) is 18.0. The van der Waals surface area contributed by atoms with Gasteiger partial charge in [-0.2, -0.15) is 0 Å². The van der Waals surface area contributed by atoms with Gasteiger partial charge in [0.15, 0.2) is 0 Å². The molecule has 128 valence electrons. The molecule has 3 N–H and O–H groups in total. The largest absolute Gasteiger partial charge is 0.480 e. The van der Waals surface area contributed by atoms with Crippen LogP contribution in [-0.2, 0) is 9.59 Å². The summed E-state index contributed by atoms with van der Waals surface area (Å²) in [6.45, 7) is 0. The zero-order valence-electron chi connectivity index (χ0n) is 11.6. The van der Waals surface area contributed by atoms with Crippen LogP contribution < -0.4 is 5.73 Å². The summed E-state index contributed by atoms with van der Waals surface area (Å²) < 4.78 is 1.65. The first-order chi connectivity index (χ1) is 11.1. The number of amides is 3. The van der Waals surface area contributed by atoms with Crippen molar-refractivity contribution in [3.63, 3.8) is 0 Å². The minimum atomic E-state index is -1.48. The van der Waals surface area contributed by atoms with Gasteiger partial charge in [0.2, 0.25) is 5.91 Å². The van der Waals surface area contributed by atoms with Gasteiger partial charge in [0.25, 0.3) is 11.8 Å². The molecule has 1 aliphatic heterocycles. The molecule has 24 heavy (non-hydrogen) atoms. The first-order valence-corrected chi connectivity index (χ1v) is 9.51. The lowest BCUT2D eigenvalue weighted by molar-refractivity contribution is -0.141. The number of imide groups is 1. The van der Waals surface area contributed by atoms with Crippen LogP contribution in [0.4, 0.5) is 0 Å². The molecule has 0 spiro atoms. The number of carboxylic acids is 1.